The first-order chi connectivity index (χ1) is 17.5. The average Bonchev–Trinajstić information content (AvgIpc) is 3.31. The Kier molecular flexibility index (Phi) is 9.16. The van der Waals surface area contributed by atoms with Crippen molar-refractivity contribution in [2.45, 2.75) is 38.8 Å². The molecule has 0 bridgehead atoms. The molecule has 2 aliphatic heterocycles. The van der Waals surface area contributed by atoms with E-state index >= 15 is 0 Å². The summed E-state index contributed by atoms with van der Waals surface area (Å²) in [4.78, 5) is 24.5. The maximum atomic E-state index is 13.3. The normalized spacial score (nSPS) is 18.8. The van der Waals surface area contributed by atoms with E-state index in [2.05, 4.69) is 25.5 Å². The summed E-state index contributed by atoms with van der Waals surface area (Å²) in [7, 11) is 1.61. The molecule has 2 aliphatic rings. The highest BCUT2D eigenvalue weighted by atomic mass is 19.1. The van der Waals surface area contributed by atoms with Gasteiger partial charge in [0.2, 0.25) is 11.9 Å². The van der Waals surface area contributed by atoms with Gasteiger partial charge in [0, 0.05) is 64.1 Å². The van der Waals surface area contributed by atoms with E-state index in [1.165, 1.54) is 0 Å². The van der Waals surface area contributed by atoms with E-state index in [1.807, 2.05) is 29.2 Å². The smallest absolute Gasteiger partial charge is 0.229 e. The first-order valence-corrected chi connectivity index (χ1v) is 12.8. The molecule has 0 saturated carbocycles. The van der Waals surface area contributed by atoms with Gasteiger partial charge in [-0.25, -0.2) is 9.37 Å². The zero-order valence-corrected chi connectivity index (χ0v) is 21.2. The van der Waals surface area contributed by atoms with Gasteiger partial charge in [0.1, 0.15) is 12.0 Å². The number of anilines is 3. The molecule has 0 spiro atoms. The minimum absolute atomic E-state index is 0.151. The van der Waals surface area contributed by atoms with E-state index in [1.54, 1.807) is 20.2 Å². The van der Waals surface area contributed by atoms with E-state index in [4.69, 9.17) is 9.47 Å². The summed E-state index contributed by atoms with van der Waals surface area (Å²) in [5, 5.41) is 6.65. The second kappa shape index (κ2) is 12.7. The van der Waals surface area contributed by atoms with Crippen LogP contribution < -0.4 is 20.1 Å². The van der Waals surface area contributed by atoms with Crippen LogP contribution in [0.15, 0.2) is 30.5 Å². The SMILES string of the molecule is COc1ccc(Nc2nccc(NCC3CCN(C(C)=O)CC3)n2)cc1OCCCN1CC[C@@H](F)C1. The lowest BCUT2D eigenvalue weighted by Gasteiger charge is -2.31. The van der Waals surface area contributed by atoms with Crippen LogP contribution in [-0.4, -0.2) is 84.8 Å². The standard InChI is InChI=1S/C26H37FN6O3/c1-19(34)33-13-7-20(8-14-33)17-29-25-6-10-28-26(31-25)30-22-4-5-23(35-2)24(16-22)36-15-3-11-32-12-9-21(27)18-32/h4-6,10,16,20-21H,3,7-9,11-15,17-18H2,1-2H3,(H2,28,29,30,31)/t21-/m1/s1. The zero-order chi connectivity index (χ0) is 25.3. The van der Waals surface area contributed by atoms with E-state index in [0.29, 0.717) is 42.9 Å². The number of ether oxygens (including phenoxy) is 2. The van der Waals surface area contributed by atoms with Gasteiger partial charge >= 0.3 is 0 Å². The maximum absolute atomic E-state index is 13.3. The van der Waals surface area contributed by atoms with Crippen LogP contribution >= 0.6 is 0 Å². The summed E-state index contributed by atoms with van der Waals surface area (Å²) < 4.78 is 24.8. The summed E-state index contributed by atoms with van der Waals surface area (Å²) >= 11 is 0. The highest BCUT2D eigenvalue weighted by Crippen LogP contribution is 2.31. The number of carbonyl (C=O) groups excluding carboxylic acids is 1. The predicted molar refractivity (Wildman–Crippen MR) is 138 cm³/mol. The third-order valence-corrected chi connectivity index (χ3v) is 6.80. The van der Waals surface area contributed by atoms with Crippen LogP contribution in [0.1, 0.15) is 32.6 Å². The van der Waals surface area contributed by atoms with Crippen molar-refractivity contribution in [3.63, 3.8) is 0 Å². The summed E-state index contributed by atoms with van der Waals surface area (Å²) in [6, 6.07) is 7.47. The Morgan fingerprint density at radius 2 is 2.00 bits per heavy atom. The Labute approximate surface area is 212 Å². The van der Waals surface area contributed by atoms with Crippen molar-refractivity contribution in [3.8, 4) is 11.5 Å². The molecular weight excluding hydrogens is 463 g/mol. The van der Waals surface area contributed by atoms with Gasteiger partial charge in [0.15, 0.2) is 11.5 Å². The summed E-state index contributed by atoms with van der Waals surface area (Å²) in [5.74, 6) is 3.19. The lowest BCUT2D eigenvalue weighted by molar-refractivity contribution is -0.130. The van der Waals surface area contributed by atoms with Gasteiger partial charge in [-0.1, -0.05) is 0 Å². The number of amides is 1. The van der Waals surface area contributed by atoms with Crippen molar-refractivity contribution in [2.24, 2.45) is 5.92 Å². The molecule has 2 fully saturated rings. The van der Waals surface area contributed by atoms with Gasteiger partial charge < -0.3 is 29.9 Å². The fourth-order valence-corrected chi connectivity index (χ4v) is 4.67. The largest absolute Gasteiger partial charge is 0.493 e. The number of hydrogen-bond donors (Lipinski definition) is 2. The number of nitrogens with one attached hydrogen (secondary N) is 2. The van der Waals surface area contributed by atoms with Crippen molar-refractivity contribution in [3.05, 3.63) is 30.5 Å². The Bertz CT molecular complexity index is 1000. The first kappa shape index (κ1) is 25.9. The van der Waals surface area contributed by atoms with Gasteiger partial charge in [0.05, 0.1) is 13.7 Å². The first-order valence-electron chi connectivity index (χ1n) is 12.8. The second-order valence-electron chi connectivity index (χ2n) is 9.48. The summed E-state index contributed by atoms with van der Waals surface area (Å²) in [5.41, 5.74) is 0.791. The number of carbonyl (C=O) groups is 1. The molecule has 1 aromatic carbocycles. The number of nitrogens with zero attached hydrogens (tertiary/aromatic N) is 4. The molecule has 9 nitrogen and oxygen atoms in total. The van der Waals surface area contributed by atoms with Gasteiger partial charge in [0.25, 0.3) is 0 Å². The molecule has 2 N–H and O–H groups in total. The van der Waals surface area contributed by atoms with Crippen LogP contribution in [0.3, 0.4) is 0 Å². The molecule has 2 saturated heterocycles. The van der Waals surface area contributed by atoms with E-state index in [9.17, 15) is 9.18 Å². The molecule has 0 aliphatic carbocycles. The summed E-state index contributed by atoms with van der Waals surface area (Å²) in [6.07, 6.45) is 4.45. The second-order valence-corrected chi connectivity index (χ2v) is 9.48. The van der Waals surface area contributed by atoms with Crippen LogP contribution in [0, 0.1) is 5.92 Å². The van der Waals surface area contributed by atoms with Crippen LogP contribution in [0.4, 0.5) is 21.8 Å². The Hall–Kier alpha value is -3.14. The topological polar surface area (TPSA) is 91.9 Å². The molecule has 4 rings (SSSR count). The molecule has 0 radical (unpaired) electrons. The quantitative estimate of drug-likeness (QED) is 0.451. The number of hydrogen-bond acceptors (Lipinski definition) is 8. The Balaban J connectivity index is 1.27. The monoisotopic (exact) mass is 500 g/mol. The molecular formula is C26H37FN6O3. The number of piperidine rings is 1. The van der Waals surface area contributed by atoms with E-state index in [-0.39, 0.29) is 5.91 Å². The number of benzene rings is 1. The van der Waals surface area contributed by atoms with Crippen molar-refractivity contribution >= 4 is 23.4 Å². The number of aromatic nitrogens is 2. The van der Waals surface area contributed by atoms with Gasteiger partial charge in [-0.15, -0.1) is 0 Å². The number of halogens is 1. The maximum Gasteiger partial charge on any atom is 0.229 e. The van der Waals surface area contributed by atoms with Crippen molar-refractivity contribution in [2.75, 3.05) is 63.6 Å². The van der Waals surface area contributed by atoms with Crippen molar-refractivity contribution in [1.82, 2.24) is 19.8 Å². The summed E-state index contributed by atoms with van der Waals surface area (Å²) in [6.45, 7) is 6.76. The highest BCUT2D eigenvalue weighted by molar-refractivity contribution is 5.73. The van der Waals surface area contributed by atoms with Crippen LogP contribution in [0.25, 0.3) is 0 Å². The number of likely N-dealkylation sites (tertiary alicyclic amines) is 2. The molecule has 3 heterocycles. The highest BCUT2D eigenvalue weighted by Gasteiger charge is 2.21. The third-order valence-electron chi connectivity index (χ3n) is 6.80. The fourth-order valence-electron chi connectivity index (χ4n) is 4.67. The minimum atomic E-state index is -0.698. The van der Waals surface area contributed by atoms with Gasteiger partial charge in [-0.3, -0.25) is 4.79 Å². The lowest BCUT2D eigenvalue weighted by atomic mass is 9.97. The molecule has 196 valence electrons. The zero-order valence-electron chi connectivity index (χ0n) is 21.2. The average molecular weight is 501 g/mol. The van der Waals surface area contributed by atoms with Crippen LogP contribution in [0.5, 0.6) is 11.5 Å². The molecule has 10 heteroatoms. The van der Waals surface area contributed by atoms with E-state index in [0.717, 1.165) is 63.5 Å². The molecule has 0 unspecified atom stereocenters. The van der Waals surface area contributed by atoms with Crippen molar-refractivity contribution in [1.29, 1.82) is 0 Å². The van der Waals surface area contributed by atoms with Crippen LogP contribution in [-0.2, 0) is 4.79 Å². The Morgan fingerprint density at radius 3 is 2.72 bits per heavy atom. The third kappa shape index (κ3) is 7.43. The van der Waals surface area contributed by atoms with Gasteiger partial charge in [-0.2, -0.15) is 4.98 Å². The minimum Gasteiger partial charge on any atom is -0.493 e. The van der Waals surface area contributed by atoms with E-state index < -0.39 is 6.17 Å². The molecule has 1 amide bonds. The molecule has 1 aromatic heterocycles. The number of rotatable bonds is 11. The van der Waals surface area contributed by atoms with Gasteiger partial charge in [-0.05, 0) is 49.8 Å². The predicted octanol–water partition coefficient (Wildman–Crippen LogP) is 3.71. The molecule has 1 atom stereocenters. The lowest BCUT2D eigenvalue weighted by Crippen LogP contribution is -2.38. The Morgan fingerprint density at radius 1 is 1.17 bits per heavy atom. The molecule has 2 aromatic rings. The number of alkyl halides is 1. The molecule has 36 heavy (non-hydrogen) atoms. The van der Waals surface area contributed by atoms with Crippen LogP contribution in [0.2, 0.25) is 0 Å². The fraction of sp³-hybridized carbons (Fsp3) is 0.577. The number of methoxy groups -OCH3 is 1. The van der Waals surface area contributed by atoms with Crippen molar-refractivity contribution < 1.29 is 18.7 Å².